The third-order valence-corrected chi connectivity index (χ3v) is 9.71. The molecule has 1 unspecified atom stereocenters. The molecule has 2 saturated heterocycles. The van der Waals surface area contributed by atoms with E-state index >= 15 is 0 Å². The number of aliphatic imine (C=N–C) groups is 1. The number of allylic oxidation sites excluding steroid dienone is 1. The van der Waals surface area contributed by atoms with E-state index in [1.54, 1.807) is 27.4 Å². The molecule has 3 heterocycles. The molecular weight excluding hydrogens is 611 g/mol. The van der Waals surface area contributed by atoms with Crippen LogP contribution in [0.5, 0.6) is 17.2 Å². The summed E-state index contributed by atoms with van der Waals surface area (Å²) in [5.74, 6) is 1.85. The van der Waals surface area contributed by atoms with Gasteiger partial charge in [-0.3, -0.25) is 4.90 Å². The quantitative estimate of drug-likeness (QED) is 0.335. The number of nitrogens with one attached hydrogen (secondary N) is 2. The van der Waals surface area contributed by atoms with Crippen molar-refractivity contribution in [1.29, 1.82) is 0 Å². The Balaban J connectivity index is 1.17. The topological polar surface area (TPSA) is 73.8 Å². The van der Waals surface area contributed by atoms with Gasteiger partial charge in [-0.25, -0.2) is 4.99 Å². The van der Waals surface area contributed by atoms with Crippen molar-refractivity contribution < 1.29 is 14.2 Å². The van der Waals surface area contributed by atoms with Crippen LogP contribution < -0.4 is 29.7 Å². The van der Waals surface area contributed by atoms with Gasteiger partial charge in [-0.1, -0.05) is 34.8 Å². The molecule has 2 aromatic rings. The molecule has 2 fully saturated rings. The van der Waals surface area contributed by atoms with Crippen LogP contribution in [0.2, 0.25) is 15.1 Å². The van der Waals surface area contributed by atoms with Gasteiger partial charge in [-0.05, 0) is 49.9 Å². The molecule has 3 aliphatic rings. The molecule has 12 heteroatoms. The number of likely N-dealkylation sites (N-methyl/N-ethyl adjacent to an activating group) is 1. The van der Waals surface area contributed by atoms with Crippen molar-refractivity contribution >= 4 is 52.4 Å². The van der Waals surface area contributed by atoms with Gasteiger partial charge in [0.25, 0.3) is 0 Å². The normalized spacial score (nSPS) is 20.0. The number of halogens is 3. The summed E-state index contributed by atoms with van der Waals surface area (Å²) in [4.78, 5) is 12.1. The van der Waals surface area contributed by atoms with Gasteiger partial charge in [-0.2, -0.15) is 0 Å². The third kappa shape index (κ3) is 7.40. The molecule has 5 rings (SSSR count). The number of piperazine rings is 1. The van der Waals surface area contributed by atoms with Gasteiger partial charge in [0.15, 0.2) is 6.29 Å². The predicted molar refractivity (Wildman–Crippen MR) is 177 cm³/mol. The van der Waals surface area contributed by atoms with E-state index in [1.807, 2.05) is 24.5 Å². The second-order valence-electron chi connectivity index (χ2n) is 11.2. The van der Waals surface area contributed by atoms with E-state index in [4.69, 9.17) is 49.0 Å². The van der Waals surface area contributed by atoms with Gasteiger partial charge in [0, 0.05) is 69.9 Å². The average Bonchev–Trinajstić information content (AvgIpc) is 3.03. The zero-order valence-corrected chi connectivity index (χ0v) is 27.5. The highest BCUT2D eigenvalue weighted by Gasteiger charge is 2.28. The Kier molecular flexibility index (Phi) is 10.7. The highest BCUT2D eigenvalue weighted by molar-refractivity contribution is 6.38. The maximum atomic E-state index is 6.79. The van der Waals surface area contributed by atoms with Crippen LogP contribution in [0.15, 0.2) is 35.0 Å². The van der Waals surface area contributed by atoms with Crippen molar-refractivity contribution in [2.75, 3.05) is 77.9 Å². The number of methoxy groups -OCH3 is 3. The fraction of sp³-hybridized carbons (Fsp3) is 0.516. The molecule has 2 aromatic carbocycles. The van der Waals surface area contributed by atoms with Crippen molar-refractivity contribution in [1.82, 2.24) is 15.1 Å². The molecule has 0 bridgehead atoms. The summed E-state index contributed by atoms with van der Waals surface area (Å²) < 4.78 is 16.6. The fourth-order valence-corrected chi connectivity index (χ4v) is 6.85. The summed E-state index contributed by atoms with van der Waals surface area (Å²) >= 11 is 19.9. The number of benzene rings is 2. The van der Waals surface area contributed by atoms with Crippen molar-refractivity contribution in [3.05, 3.63) is 50.6 Å². The SMILES string of the molecule is COc1cc(NC2N=CC(CCc3c(Cl)c(OC)cc(OC)c3Cl)=CN2)c(Cl)cc1N1CCC(N2CCN(C)CC2)CC1. The molecular formula is C31H41Cl3N6O3. The van der Waals surface area contributed by atoms with Gasteiger partial charge in [0.1, 0.15) is 17.2 Å². The standard InChI is InChI=1S/C31H41Cl3N6O3/c1-38-11-13-39(14-12-38)21-7-9-40(10-8-21)25-15-23(32)24(16-26(25)41-2)37-31-35-18-20(19-36-31)5-6-22-29(33)27(42-3)17-28(43-4)30(22)34/h15-19,21,31,35,37H,5-14H2,1-4H3. The number of hydrogen-bond acceptors (Lipinski definition) is 9. The van der Waals surface area contributed by atoms with Crippen LogP contribution in [0.3, 0.4) is 0 Å². The molecule has 0 radical (unpaired) electrons. The number of rotatable bonds is 10. The first-order valence-electron chi connectivity index (χ1n) is 14.7. The Morgan fingerprint density at radius 1 is 0.860 bits per heavy atom. The summed E-state index contributed by atoms with van der Waals surface area (Å²) in [7, 11) is 7.05. The summed E-state index contributed by atoms with van der Waals surface area (Å²) in [6.45, 7) is 6.58. The average molecular weight is 652 g/mol. The molecule has 234 valence electrons. The predicted octanol–water partition coefficient (Wildman–Crippen LogP) is 5.78. The molecule has 1 atom stereocenters. The zero-order valence-electron chi connectivity index (χ0n) is 25.3. The first kappa shape index (κ1) is 31.9. The molecule has 9 nitrogen and oxygen atoms in total. The van der Waals surface area contributed by atoms with Crippen LogP contribution in [0, 0.1) is 0 Å². The molecule has 0 aromatic heterocycles. The second-order valence-corrected chi connectivity index (χ2v) is 12.3. The highest BCUT2D eigenvalue weighted by atomic mass is 35.5. The number of hydrogen-bond donors (Lipinski definition) is 2. The molecule has 43 heavy (non-hydrogen) atoms. The Morgan fingerprint density at radius 2 is 1.51 bits per heavy atom. The van der Waals surface area contributed by atoms with E-state index in [0.29, 0.717) is 45.5 Å². The highest BCUT2D eigenvalue weighted by Crippen LogP contribution is 2.41. The Morgan fingerprint density at radius 3 is 2.09 bits per heavy atom. The Labute approximate surface area is 269 Å². The number of nitrogens with zero attached hydrogens (tertiary/aromatic N) is 4. The number of anilines is 2. The van der Waals surface area contributed by atoms with Crippen LogP contribution in [0.4, 0.5) is 11.4 Å². The van der Waals surface area contributed by atoms with Gasteiger partial charge in [0.2, 0.25) is 0 Å². The lowest BCUT2D eigenvalue weighted by Gasteiger charge is -2.42. The van der Waals surface area contributed by atoms with Gasteiger partial charge in [0.05, 0.1) is 47.8 Å². The van der Waals surface area contributed by atoms with E-state index in [9.17, 15) is 0 Å². The van der Waals surface area contributed by atoms with E-state index in [2.05, 4.69) is 37.4 Å². The lowest BCUT2D eigenvalue weighted by Crippen LogP contribution is -2.52. The van der Waals surface area contributed by atoms with Crippen molar-refractivity contribution in [2.45, 2.75) is 38.0 Å². The monoisotopic (exact) mass is 650 g/mol. The minimum atomic E-state index is -0.375. The molecule has 0 saturated carbocycles. The Bertz CT molecular complexity index is 1310. The first-order chi connectivity index (χ1) is 20.8. The summed E-state index contributed by atoms with van der Waals surface area (Å²) in [6.07, 6.45) is 6.96. The Hall–Kier alpha value is -2.56. The van der Waals surface area contributed by atoms with E-state index in [0.717, 1.165) is 80.4 Å². The minimum absolute atomic E-state index is 0.375. The molecule has 0 amide bonds. The number of piperidine rings is 1. The molecule has 2 N–H and O–H groups in total. The van der Waals surface area contributed by atoms with Crippen LogP contribution in [-0.4, -0.2) is 96.0 Å². The maximum Gasteiger partial charge on any atom is 0.193 e. The summed E-state index contributed by atoms with van der Waals surface area (Å²) in [5, 5.41) is 8.28. The summed E-state index contributed by atoms with van der Waals surface area (Å²) in [6, 6.07) is 6.30. The second kappa shape index (κ2) is 14.5. The zero-order chi connectivity index (χ0) is 30.5. The van der Waals surface area contributed by atoms with E-state index < -0.39 is 0 Å². The maximum absolute atomic E-state index is 6.79. The fourth-order valence-electron chi connectivity index (χ4n) is 5.95. The largest absolute Gasteiger partial charge is 0.495 e. The molecule has 3 aliphatic heterocycles. The minimum Gasteiger partial charge on any atom is -0.495 e. The van der Waals surface area contributed by atoms with Crippen molar-refractivity contribution in [3.63, 3.8) is 0 Å². The van der Waals surface area contributed by atoms with E-state index in [-0.39, 0.29) is 6.29 Å². The lowest BCUT2D eigenvalue weighted by molar-refractivity contribution is 0.0981. The van der Waals surface area contributed by atoms with Crippen molar-refractivity contribution in [2.24, 2.45) is 4.99 Å². The summed E-state index contributed by atoms with van der Waals surface area (Å²) in [5.41, 5.74) is 3.56. The van der Waals surface area contributed by atoms with Gasteiger partial charge >= 0.3 is 0 Å². The lowest BCUT2D eigenvalue weighted by atomic mass is 10.0. The van der Waals surface area contributed by atoms with Gasteiger partial charge < -0.3 is 34.6 Å². The molecule has 0 aliphatic carbocycles. The van der Waals surface area contributed by atoms with Gasteiger partial charge in [-0.15, -0.1) is 0 Å². The van der Waals surface area contributed by atoms with Crippen LogP contribution in [0.1, 0.15) is 24.8 Å². The third-order valence-electron chi connectivity index (χ3n) is 8.56. The van der Waals surface area contributed by atoms with E-state index in [1.165, 1.54) is 0 Å². The number of ether oxygens (including phenoxy) is 3. The molecule has 0 spiro atoms. The van der Waals surface area contributed by atoms with Crippen LogP contribution >= 0.6 is 34.8 Å². The first-order valence-corrected chi connectivity index (χ1v) is 15.8. The van der Waals surface area contributed by atoms with Crippen LogP contribution in [-0.2, 0) is 6.42 Å². The smallest absolute Gasteiger partial charge is 0.193 e. The van der Waals surface area contributed by atoms with Crippen LogP contribution in [0.25, 0.3) is 0 Å². The van der Waals surface area contributed by atoms with Crippen molar-refractivity contribution in [3.8, 4) is 17.2 Å².